The Kier molecular flexibility index (Phi) is 5.42. The van der Waals surface area contributed by atoms with Crippen LogP contribution in [0.2, 0.25) is 5.02 Å². The molecule has 5 heteroatoms. The topological polar surface area (TPSA) is 30.5 Å². The van der Waals surface area contributed by atoms with Gasteiger partial charge in [0.15, 0.2) is 11.6 Å². The minimum atomic E-state index is -0.414. The quantitative estimate of drug-likeness (QED) is 0.880. The molecule has 1 N–H and O–H groups in total. The van der Waals surface area contributed by atoms with Gasteiger partial charge in [0, 0.05) is 12.1 Å². The third-order valence-corrected chi connectivity index (χ3v) is 3.32. The molecule has 2 aromatic carbocycles. The van der Waals surface area contributed by atoms with Gasteiger partial charge in [-0.05, 0) is 30.8 Å². The highest BCUT2D eigenvalue weighted by molar-refractivity contribution is 6.32. The summed E-state index contributed by atoms with van der Waals surface area (Å²) in [5.74, 6) is 0.313. The van der Waals surface area contributed by atoms with E-state index < -0.39 is 5.82 Å². The monoisotopic (exact) mass is 309 g/mol. The molecule has 0 saturated heterocycles. The summed E-state index contributed by atoms with van der Waals surface area (Å²) in [5.41, 5.74) is 1.48. The van der Waals surface area contributed by atoms with E-state index in [1.807, 2.05) is 19.2 Å². The van der Waals surface area contributed by atoms with E-state index in [1.165, 1.54) is 7.11 Å². The van der Waals surface area contributed by atoms with Crippen molar-refractivity contribution in [1.82, 2.24) is 5.32 Å². The molecule has 0 fully saturated rings. The fraction of sp³-hybridized carbons (Fsp3) is 0.250. The number of nitrogens with one attached hydrogen (secondary N) is 1. The molecule has 0 amide bonds. The van der Waals surface area contributed by atoms with Crippen LogP contribution in [0.15, 0.2) is 36.4 Å². The molecule has 0 saturated carbocycles. The first kappa shape index (κ1) is 15.6. The van der Waals surface area contributed by atoms with Gasteiger partial charge in [0.2, 0.25) is 0 Å². The molecule has 3 nitrogen and oxygen atoms in total. The Morgan fingerprint density at radius 3 is 2.67 bits per heavy atom. The lowest BCUT2D eigenvalue weighted by Crippen LogP contribution is -2.05. The van der Waals surface area contributed by atoms with Gasteiger partial charge in [-0.15, -0.1) is 0 Å². The van der Waals surface area contributed by atoms with Crippen LogP contribution in [-0.2, 0) is 13.2 Å². The van der Waals surface area contributed by atoms with Crippen LogP contribution in [0.25, 0.3) is 0 Å². The zero-order valence-corrected chi connectivity index (χ0v) is 12.7. The van der Waals surface area contributed by atoms with Crippen molar-refractivity contribution >= 4 is 11.6 Å². The summed E-state index contributed by atoms with van der Waals surface area (Å²) in [5, 5.41) is 3.55. The Bertz CT molecular complexity index is 619. The fourth-order valence-corrected chi connectivity index (χ4v) is 2.21. The zero-order chi connectivity index (χ0) is 15.2. The smallest absolute Gasteiger partial charge is 0.171 e. The Balaban J connectivity index is 2.10. The molecule has 0 radical (unpaired) electrons. The van der Waals surface area contributed by atoms with Crippen LogP contribution in [-0.4, -0.2) is 14.2 Å². The number of methoxy groups -OCH3 is 1. The first-order valence-electron chi connectivity index (χ1n) is 6.53. The number of hydrogen-bond acceptors (Lipinski definition) is 3. The molecule has 0 aliphatic rings. The van der Waals surface area contributed by atoms with Gasteiger partial charge in [-0.2, -0.15) is 0 Å². The highest BCUT2D eigenvalue weighted by Crippen LogP contribution is 2.27. The lowest BCUT2D eigenvalue weighted by Gasteiger charge is -2.11. The van der Waals surface area contributed by atoms with E-state index in [-0.39, 0.29) is 12.4 Å². The van der Waals surface area contributed by atoms with Crippen molar-refractivity contribution < 1.29 is 13.9 Å². The van der Waals surface area contributed by atoms with Gasteiger partial charge >= 0.3 is 0 Å². The molecule has 0 unspecified atom stereocenters. The first-order chi connectivity index (χ1) is 10.2. The van der Waals surface area contributed by atoms with Crippen LogP contribution in [0.1, 0.15) is 11.1 Å². The van der Waals surface area contributed by atoms with Gasteiger partial charge in [0.1, 0.15) is 12.4 Å². The van der Waals surface area contributed by atoms with Crippen molar-refractivity contribution in [2.75, 3.05) is 14.2 Å². The molecule has 0 atom stereocenters. The minimum Gasteiger partial charge on any atom is -0.494 e. The number of hydrogen-bond donors (Lipinski definition) is 1. The van der Waals surface area contributed by atoms with Gasteiger partial charge < -0.3 is 14.8 Å². The van der Waals surface area contributed by atoms with Crippen LogP contribution >= 0.6 is 11.6 Å². The molecule has 0 aromatic heterocycles. The predicted octanol–water partition coefficient (Wildman–Crippen LogP) is 3.79. The third kappa shape index (κ3) is 3.86. The summed E-state index contributed by atoms with van der Waals surface area (Å²) >= 11 is 6.16. The Hall–Kier alpha value is -1.78. The number of ether oxygens (including phenoxy) is 2. The predicted molar refractivity (Wildman–Crippen MR) is 81.5 cm³/mol. The van der Waals surface area contributed by atoms with E-state index in [0.717, 1.165) is 12.1 Å². The lowest BCUT2D eigenvalue weighted by molar-refractivity contribution is 0.296. The summed E-state index contributed by atoms with van der Waals surface area (Å²) in [6.07, 6.45) is 0. The van der Waals surface area contributed by atoms with Crippen LogP contribution in [0.5, 0.6) is 11.5 Å². The Labute approximate surface area is 128 Å². The summed E-state index contributed by atoms with van der Waals surface area (Å²) in [7, 11) is 3.30. The lowest BCUT2D eigenvalue weighted by atomic mass is 10.2. The highest BCUT2D eigenvalue weighted by Gasteiger charge is 2.10. The molecule has 0 spiro atoms. The maximum absolute atomic E-state index is 14.0. The molecular weight excluding hydrogens is 293 g/mol. The molecule has 2 rings (SSSR count). The second-order valence-electron chi connectivity index (χ2n) is 4.52. The van der Waals surface area contributed by atoms with Crippen molar-refractivity contribution in [2.45, 2.75) is 13.2 Å². The number of halogens is 2. The SMILES string of the molecule is CNCc1ccc(OCc2cccc(OC)c2F)c(Cl)c1. The van der Waals surface area contributed by atoms with Gasteiger partial charge in [-0.1, -0.05) is 29.8 Å². The number of benzene rings is 2. The number of rotatable bonds is 6. The van der Waals surface area contributed by atoms with E-state index in [2.05, 4.69) is 5.32 Å². The summed E-state index contributed by atoms with van der Waals surface area (Å²) < 4.78 is 24.5. The van der Waals surface area contributed by atoms with E-state index in [4.69, 9.17) is 21.1 Å². The minimum absolute atomic E-state index is 0.0914. The van der Waals surface area contributed by atoms with Crippen molar-refractivity contribution in [3.8, 4) is 11.5 Å². The normalized spacial score (nSPS) is 10.5. The fourth-order valence-electron chi connectivity index (χ4n) is 1.96. The van der Waals surface area contributed by atoms with Gasteiger partial charge in [-0.25, -0.2) is 4.39 Å². The van der Waals surface area contributed by atoms with E-state index in [1.54, 1.807) is 24.3 Å². The second kappa shape index (κ2) is 7.29. The van der Waals surface area contributed by atoms with Crippen LogP contribution in [0, 0.1) is 5.82 Å². The molecular formula is C16H17ClFNO2. The molecule has 2 aromatic rings. The molecule has 0 aliphatic carbocycles. The van der Waals surface area contributed by atoms with E-state index in [0.29, 0.717) is 16.3 Å². The average molecular weight is 310 g/mol. The van der Waals surface area contributed by atoms with Gasteiger partial charge in [-0.3, -0.25) is 0 Å². The average Bonchev–Trinajstić information content (AvgIpc) is 2.48. The molecule has 112 valence electrons. The summed E-state index contributed by atoms with van der Waals surface area (Å²) in [4.78, 5) is 0. The maximum Gasteiger partial charge on any atom is 0.171 e. The zero-order valence-electron chi connectivity index (χ0n) is 12.0. The molecule has 0 bridgehead atoms. The van der Waals surface area contributed by atoms with Crippen LogP contribution < -0.4 is 14.8 Å². The van der Waals surface area contributed by atoms with Crippen LogP contribution in [0.3, 0.4) is 0 Å². The first-order valence-corrected chi connectivity index (χ1v) is 6.90. The highest BCUT2D eigenvalue weighted by atomic mass is 35.5. The van der Waals surface area contributed by atoms with Crippen molar-refractivity contribution in [1.29, 1.82) is 0 Å². The summed E-state index contributed by atoms with van der Waals surface area (Å²) in [6, 6.07) is 10.5. The second-order valence-corrected chi connectivity index (χ2v) is 4.92. The Morgan fingerprint density at radius 1 is 1.19 bits per heavy atom. The van der Waals surface area contributed by atoms with Crippen molar-refractivity contribution in [2.24, 2.45) is 0 Å². The van der Waals surface area contributed by atoms with Gasteiger partial charge in [0.05, 0.1) is 12.1 Å². The molecule has 0 heterocycles. The molecule has 21 heavy (non-hydrogen) atoms. The molecule has 0 aliphatic heterocycles. The summed E-state index contributed by atoms with van der Waals surface area (Å²) in [6.45, 7) is 0.818. The van der Waals surface area contributed by atoms with Crippen molar-refractivity contribution in [3.63, 3.8) is 0 Å². The standard InChI is InChI=1S/C16H17ClFNO2/c1-19-9-11-6-7-14(13(17)8-11)21-10-12-4-3-5-15(20-2)16(12)18/h3-8,19H,9-10H2,1-2H3. The maximum atomic E-state index is 14.0. The van der Waals surface area contributed by atoms with Crippen molar-refractivity contribution in [3.05, 3.63) is 58.4 Å². The van der Waals surface area contributed by atoms with Crippen LogP contribution in [0.4, 0.5) is 4.39 Å². The third-order valence-electron chi connectivity index (χ3n) is 3.02. The van der Waals surface area contributed by atoms with E-state index >= 15 is 0 Å². The largest absolute Gasteiger partial charge is 0.494 e. The Morgan fingerprint density at radius 2 is 2.00 bits per heavy atom. The van der Waals surface area contributed by atoms with E-state index in [9.17, 15) is 4.39 Å². The van der Waals surface area contributed by atoms with Gasteiger partial charge in [0.25, 0.3) is 0 Å².